The van der Waals surface area contributed by atoms with Crippen molar-refractivity contribution in [1.82, 2.24) is 10.6 Å². The zero-order valence-electron chi connectivity index (χ0n) is 7.97. The SMILES string of the molecule is CC(C)(C)CN=C1NC(=O)C(=O)N1. The van der Waals surface area contributed by atoms with Gasteiger partial charge in [0, 0.05) is 6.54 Å². The highest BCUT2D eigenvalue weighted by Gasteiger charge is 2.25. The minimum atomic E-state index is -0.646. The molecule has 5 nitrogen and oxygen atoms in total. The van der Waals surface area contributed by atoms with Gasteiger partial charge in [0.1, 0.15) is 0 Å². The minimum absolute atomic E-state index is 0.0467. The molecule has 2 N–H and O–H groups in total. The van der Waals surface area contributed by atoms with E-state index in [-0.39, 0.29) is 11.4 Å². The van der Waals surface area contributed by atoms with Gasteiger partial charge >= 0.3 is 11.8 Å². The summed E-state index contributed by atoms with van der Waals surface area (Å²) < 4.78 is 0. The van der Waals surface area contributed by atoms with E-state index in [1.165, 1.54) is 0 Å². The van der Waals surface area contributed by atoms with Gasteiger partial charge in [-0.05, 0) is 5.41 Å². The van der Waals surface area contributed by atoms with E-state index in [1.54, 1.807) is 0 Å². The Morgan fingerprint density at radius 1 is 1.15 bits per heavy atom. The third-order valence-electron chi connectivity index (χ3n) is 1.38. The Kier molecular flexibility index (Phi) is 2.36. The van der Waals surface area contributed by atoms with Crippen LogP contribution in [0.4, 0.5) is 0 Å². The van der Waals surface area contributed by atoms with Crippen LogP contribution in [0.5, 0.6) is 0 Å². The monoisotopic (exact) mass is 183 g/mol. The van der Waals surface area contributed by atoms with Crippen LogP contribution in [0.15, 0.2) is 4.99 Å². The smallest absolute Gasteiger partial charge is 0.288 e. The summed E-state index contributed by atoms with van der Waals surface area (Å²) in [4.78, 5) is 25.5. The van der Waals surface area contributed by atoms with Gasteiger partial charge in [0.2, 0.25) is 5.96 Å². The Hall–Kier alpha value is -1.39. The first-order valence-electron chi connectivity index (χ1n) is 4.05. The van der Waals surface area contributed by atoms with Gasteiger partial charge < -0.3 is 0 Å². The molecule has 0 saturated carbocycles. The summed E-state index contributed by atoms with van der Waals surface area (Å²) in [7, 11) is 0. The van der Waals surface area contributed by atoms with Gasteiger partial charge in [0.15, 0.2) is 0 Å². The van der Waals surface area contributed by atoms with E-state index >= 15 is 0 Å². The van der Waals surface area contributed by atoms with Crippen molar-refractivity contribution in [2.75, 3.05) is 6.54 Å². The number of aliphatic imine (C=N–C) groups is 1. The van der Waals surface area contributed by atoms with E-state index < -0.39 is 11.8 Å². The zero-order chi connectivity index (χ0) is 10.1. The summed E-state index contributed by atoms with van der Waals surface area (Å²) in [5.41, 5.74) is 0.0467. The van der Waals surface area contributed by atoms with Crippen LogP contribution in [0.25, 0.3) is 0 Å². The molecule has 0 aromatic carbocycles. The van der Waals surface area contributed by atoms with Crippen LogP contribution in [-0.2, 0) is 9.59 Å². The Morgan fingerprint density at radius 2 is 1.62 bits per heavy atom. The number of carbonyl (C=O) groups is 2. The molecule has 1 fully saturated rings. The Bertz CT molecular complexity index is 258. The van der Waals surface area contributed by atoms with Gasteiger partial charge in [0.05, 0.1) is 0 Å². The molecular formula is C8H13N3O2. The minimum Gasteiger partial charge on any atom is -0.288 e. The van der Waals surface area contributed by atoms with Crippen molar-refractivity contribution in [2.24, 2.45) is 10.4 Å². The van der Waals surface area contributed by atoms with Gasteiger partial charge in [-0.25, -0.2) is 0 Å². The van der Waals surface area contributed by atoms with Crippen molar-refractivity contribution < 1.29 is 9.59 Å². The molecule has 0 bridgehead atoms. The molecule has 0 spiro atoms. The maximum Gasteiger partial charge on any atom is 0.316 e. The molecule has 0 atom stereocenters. The maximum absolute atomic E-state index is 10.7. The highest BCUT2D eigenvalue weighted by molar-refractivity contribution is 6.45. The third kappa shape index (κ3) is 2.85. The fraction of sp³-hybridized carbons (Fsp3) is 0.625. The van der Waals surface area contributed by atoms with Crippen molar-refractivity contribution in [3.63, 3.8) is 0 Å². The second kappa shape index (κ2) is 3.16. The molecule has 0 aromatic rings. The van der Waals surface area contributed by atoms with Crippen molar-refractivity contribution in [2.45, 2.75) is 20.8 Å². The van der Waals surface area contributed by atoms with Gasteiger partial charge in [-0.15, -0.1) is 0 Å². The van der Waals surface area contributed by atoms with Crippen molar-refractivity contribution in [3.05, 3.63) is 0 Å². The highest BCUT2D eigenvalue weighted by atomic mass is 16.2. The lowest BCUT2D eigenvalue weighted by Crippen LogP contribution is -2.27. The van der Waals surface area contributed by atoms with E-state index in [0.29, 0.717) is 6.54 Å². The van der Waals surface area contributed by atoms with Crippen LogP contribution in [0.1, 0.15) is 20.8 Å². The number of guanidine groups is 1. The highest BCUT2D eigenvalue weighted by Crippen LogP contribution is 2.12. The van der Waals surface area contributed by atoms with Crippen LogP contribution in [0, 0.1) is 5.41 Å². The van der Waals surface area contributed by atoms with E-state index in [9.17, 15) is 9.59 Å². The summed E-state index contributed by atoms with van der Waals surface area (Å²) in [5, 5.41) is 4.65. The molecule has 0 radical (unpaired) electrons. The number of amides is 2. The van der Waals surface area contributed by atoms with E-state index in [4.69, 9.17) is 0 Å². The number of hydrogen-bond acceptors (Lipinski definition) is 3. The maximum atomic E-state index is 10.7. The number of hydrogen-bond donors (Lipinski definition) is 2. The predicted molar refractivity (Wildman–Crippen MR) is 48.0 cm³/mol. The fourth-order valence-corrected chi connectivity index (χ4v) is 0.755. The van der Waals surface area contributed by atoms with Crippen molar-refractivity contribution >= 4 is 17.8 Å². The second-order valence-electron chi connectivity index (χ2n) is 4.13. The molecule has 1 aliphatic heterocycles. The molecule has 1 rings (SSSR count). The van der Waals surface area contributed by atoms with Crippen LogP contribution in [-0.4, -0.2) is 24.3 Å². The molecule has 1 saturated heterocycles. The standard InChI is InChI=1S/C8H13N3O2/c1-8(2,3)4-9-7-10-5(12)6(13)11-7/h4H2,1-3H3,(H2,9,10,11,12,13). The molecule has 2 amide bonds. The van der Waals surface area contributed by atoms with E-state index in [1.807, 2.05) is 20.8 Å². The van der Waals surface area contributed by atoms with Crippen LogP contribution >= 0.6 is 0 Å². The predicted octanol–water partition coefficient (Wildman–Crippen LogP) is -0.366. The molecule has 0 aliphatic carbocycles. The number of rotatable bonds is 1. The van der Waals surface area contributed by atoms with Crippen LogP contribution < -0.4 is 10.6 Å². The summed E-state index contributed by atoms with van der Waals surface area (Å²) >= 11 is 0. The molecule has 72 valence electrons. The number of carbonyl (C=O) groups excluding carboxylic acids is 2. The van der Waals surface area contributed by atoms with Crippen LogP contribution in [0.2, 0.25) is 0 Å². The number of nitrogens with zero attached hydrogens (tertiary/aromatic N) is 1. The molecule has 0 unspecified atom stereocenters. The molecular weight excluding hydrogens is 170 g/mol. The third-order valence-corrected chi connectivity index (χ3v) is 1.38. The lowest BCUT2D eigenvalue weighted by molar-refractivity contribution is -0.135. The van der Waals surface area contributed by atoms with E-state index in [2.05, 4.69) is 15.6 Å². The topological polar surface area (TPSA) is 70.6 Å². The summed E-state index contributed by atoms with van der Waals surface area (Å²) in [6.45, 7) is 6.63. The van der Waals surface area contributed by atoms with Crippen molar-refractivity contribution in [3.8, 4) is 0 Å². The molecule has 0 aromatic heterocycles. The quantitative estimate of drug-likeness (QED) is 0.545. The molecule has 1 heterocycles. The van der Waals surface area contributed by atoms with Gasteiger partial charge in [-0.3, -0.25) is 25.2 Å². The first-order valence-corrected chi connectivity index (χ1v) is 4.05. The Morgan fingerprint density at radius 3 is 2.00 bits per heavy atom. The van der Waals surface area contributed by atoms with Crippen molar-refractivity contribution in [1.29, 1.82) is 0 Å². The zero-order valence-corrected chi connectivity index (χ0v) is 7.97. The average Bonchev–Trinajstić information content (AvgIpc) is 2.27. The lowest BCUT2D eigenvalue weighted by Gasteiger charge is -2.14. The summed E-state index contributed by atoms with van der Waals surface area (Å²) in [6.07, 6.45) is 0. The second-order valence-corrected chi connectivity index (χ2v) is 4.13. The fourth-order valence-electron chi connectivity index (χ4n) is 0.755. The van der Waals surface area contributed by atoms with Gasteiger partial charge in [-0.1, -0.05) is 20.8 Å². The molecule has 5 heteroatoms. The first-order chi connectivity index (χ1) is 5.88. The average molecular weight is 183 g/mol. The van der Waals surface area contributed by atoms with Crippen LogP contribution in [0.3, 0.4) is 0 Å². The molecule has 13 heavy (non-hydrogen) atoms. The lowest BCUT2D eigenvalue weighted by atomic mass is 9.97. The normalized spacial score (nSPS) is 17.0. The Labute approximate surface area is 76.6 Å². The Balaban J connectivity index is 2.56. The summed E-state index contributed by atoms with van der Waals surface area (Å²) in [6, 6.07) is 0. The number of nitrogens with one attached hydrogen (secondary N) is 2. The first kappa shape index (κ1) is 9.70. The molecule has 1 aliphatic rings. The van der Waals surface area contributed by atoms with E-state index in [0.717, 1.165) is 0 Å². The van der Waals surface area contributed by atoms with Gasteiger partial charge in [-0.2, -0.15) is 0 Å². The largest absolute Gasteiger partial charge is 0.316 e. The summed E-state index contributed by atoms with van der Waals surface area (Å²) in [5.74, 6) is -1.04. The van der Waals surface area contributed by atoms with Gasteiger partial charge in [0.25, 0.3) is 0 Å².